The van der Waals surface area contributed by atoms with E-state index in [-0.39, 0.29) is 11.4 Å². The minimum Gasteiger partial charge on any atom is -0.399 e. The summed E-state index contributed by atoms with van der Waals surface area (Å²) in [6, 6.07) is 11.5. The van der Waals surface area contributed by atoms with E-state index in [1.807, 2.05) is 0 Å². The third-order valence-electron chi connectivity index (χ3n) is 2.34. The van der Waals surface area contributed by atoms with Crippen molar-refractivity contribution >= 4 is 15.7 Å². The van der Waals surface area contributed by atoms with Crippen LogP contribution >= 0.6 is 0 Å². The number of benzene rings is 1. The molecule has 3 N–H and O–H groups in total. The molecule has 0 bridgehead atoms. The van der Waals surface area contributed by atoms with E-state index < -0.39 is 10.0 Å². The molecule has 2 rings (SSSR count). The molecular weight excluding hydrogens is 250 g/mol. The Morgan fingerprint density at radius 2 is 2.00 bits per heavy atom. The molecule has 1 aromatic heterocycles. The Balaban J connectivity index is 2.13. The predicted molar refractivity (Wildman–Crippen MR) is 69.1 cm³/mol. The Bertz CT molecular complexity index is 627. The Morgan fingerprint density at radius 1 is 1.17 bits per heavy atom. The molecule has 0 spiro atoms. The first-order valence-corrected chi connectivity index (χ1v) is 6.81. The summed E-state index contributed by atoms with van der Waals surface area (Å²) in [6.07, 6.45) is 1.62. The van der Waals surface area contributed by atoms with Crippen LogP contribution in [0.5, 0.6) is 0 Å². The van der Waals surface area contributed by atoms with Gasteiger partial charge < -0.3 is 5.73 Å². The summed E-state index contributed by atoms with van der Waals surface area (Å²) in [7, 11) is -3.55. The highest BCUT2D eigenvalue weighted by atomic mass is 32.2. The zero-order valence-electron chi connectivity index (χ0n) is 9.58. The summed E-state index contributed by atoms with van der Waals surface area (Å²) in [6.45, 7) is 0.151. The zero-order valence-corrected chi connectivity index (χ0v) is 10.4. The fraction of sp³-hybridized carbons (Fsp3) is 0.0833. The van der Waals surface area contributed by atoms with Gasteiger partial charge in [-0.25, -0.2) is 13.1 Å². The molecule has 0 saturated heterocycles. The molecule has 0 amide bonds. The highest BCUT2D eigenvalue weighted by Gasteiger charge is 2.13. The van der Waals surface area contributed by atoms with Gasteiger partial charge in [0.1, 0.15) is 0 Å². The number of rotatable bonds is 4. The van der Waals surface area contributed by atoms with Crippen molar-refractivity contribution in [2.75, 3.05) is 5.73 Å². The molecular formula is C12H13N3O2S. The number of anilines is 1. The fourth-order valence-electron chi connectivity index (χ4n) is 1.44. The van der Waals surface area contributed by atoms with Crippen molar-refractivity contribution in [3.63, 3.8) is 0 Å². The molecule has 5 nitrogen and oxygen atoms in total. The van der Waals surface area contributed by atoms with Crippen LogP contribution in [0.4, 0.5) is 5.69 Å². The van der Waals surface area contributed by atoms with Crippen molar-refractivity contribution in [2.24, 2.45) is 0 Å². The second-order valence-corrected chi connectivity index (χ2v) is 5.49. The molecule has 0 radical (unpaired) electrons. The maximum absolute atomic E-state index is 12.0. The number of sulfonamides is 1. The second kappa shape index (κ2) is 5.16. The zero-order chi connectivity index (χ0) is 13.0. The summed E-state index contributed by atoms with van der Waals surface area (Å²) in [5.41, 5.74) is 6.63. The number of nitrogen functional groups attached to an aromatic ring is 1. The maximum atomic E-state index is 12.0. The van der Waals surface area contributed by atoms with Gasteiger partial charge in [-0.15, -0.1) is 0 Å². The monoisotopic (exact) mass is 263 g/mol. The van der Waals surface area contributed by atoms with Crippen LogP contribution < -0.4 is 10.5 Å². The largest absolute Gasteiger partial charge is 0.399 e. The summed E-state index contributed by atoms with van der Waals surface area (Å²) in [5, 5.41) is 0. The lowest BCUT2D eigenvalue weighted by atomic mass is 10.3. The number of hydrogen-bond donors (Lipinski definition) is 2. The number of hydrogen-bond acceptors (Lipinski definition) is 4. The van der Waals surface area contributed by atoms with Gasteiger partial charge in [-0.1, -0.05) is 12.1 Å². The van der Waals surface area contributed by atoms with E-state index >= 15 is 0 Å². The number of nitrogens with two attached hydrogens (primary N) is 1. The summed E-state index contributed by atoms with van der Waals surface area (Å²) in [5.74, 6) is 0. The van der Waals surface area contributed by atoms with Crippen LogP contribution in [0.2, 0.25) is 0 Å². The van der Waals surface area contributed by atoms with Gasteiger partial charge in [0.2, 0.25) is 10.0 Å². The number of pyridine rings is 1. The Hall–Kier alpha value is -1.92. The Labute approximate surface area is 106 Å². The average Bonchev–Trinajstić information content (AvgIpc) is 2.38. The lowest BCUT2D eigenvalue weighted by molar-refractivity contribution is 0.580. The van der Waals surface area contributed by atoms with E-state index in [9.17, 15) is 8.42 Å². The van der Waals surface area contributed by atoms with Gasteiger partial charge in [0, 0.05) is 11.9 Å². The molecule has 0 aliphatic rings. The van der Waals surface area contributed by atoms with Crippen LogP contribution in [0.15, 0.2) is 53.6 Å². The van der Waals surface area contributed by atoms with Gasteiger partial charge in [0.05, 0.1) is 17.1 Å². The van der Waals surface area contributed by atoms with Gasteiger partial charge in [-0.3, -0.25) is 4.98 Å². The van der Waals surface area contributed by atoms with E-state index in [1.165, 1.54) is 12.1 Å². The second-order valence-electron chi connectivity index (χ2n) is 3.72. The predicted octanol–water partition coefficient (Wildman–Crippen LogP) is 1.14. The minimum absolute atomic E-state index is 0.151. The first kappa shape index (κ1) is 12.5. The van der Waals surface area contributed by atoms with E-state index in [0.29, 0.717) is 11.4 Å². The van der Waals surface area contributed by atoms with E-state index in [2.05, 4.69) is 9.71 Å². The molecule has 2 aromatic rings. The van der Waals surface area contributed by atoms with Gasteiger partial charge in [0.15, 0.2) is 0 Å². The van der Waals surface area contributed by atoms with E-state index in [4.69, 9.17) is 5.73 Å². The topological polar surface area (TPSA) is 85.1 Å². The summed E-state index contributed by atoms with van der Waals surface area (Å²) in [4.78, 5) is 4.19. The smallest absolute Gasteiger partial charge is 0.240 e. The SMILES string of the molecule is Nc1cccc(S(=O)(=O)NCc2ccccn2)c1. The van der Waals surface area contributed by atoms with Gasteiger partial charge >= 0.3 is 0 Å². The highest BCUT2D eigenvalue weighted by molar-refractivity contribution is 7.89. The van der Waals surface area contributed by atoms with Crippen LogP contribution in [0.25, 0.3) is 0 Å². The van der Waals surface area contributed by atoms with Crippen molar-refractivity contribution < 1.29 is 8.42 Å². The van der Waals surface area contributed by atoms with Crippen molar-refractivity contribution in [3.05, 3.63) is 54.4 Å². The maximum Gasteiger partial charge on any atom is 0.240 e. The molecule has 0 unspecified atom stereocenters. The van der Waals surface area contributed by atoms with Crippen LogP contribution in [-0.4, -0.2) is 13.4 Å². The first-order chi connectivity index (χ1) is 8.58. The standard InChI is InChI=1S/C12H13N3O2S/c13-10-4-3-6-12(8-10)18(16,17)15-9-11-5-1-2-7-14-11/h1-8,15H,9,13H2. The third kappa shape index (κ3) is 3.06. The van der Waals surface area contributed by atoms with Crippen molar-refractivity contribution in [2.45, 2.75) is 11.4 Å². The Kier molecular flexibility index (Phi) is 3.59. The molecule has 1 heterocycles. The summed E-state index contributed by atoms with van der Waals surface area (Å²) < 4.78 is 26.4. The van der Waals surface area contributed by atoms with Crippen molar-refractivity contribution in [3.8, 4) is 0 Å². The van der Waals surface area contributed by atoms with Gasteiger partial charge in [-0.2, -0.15) is 0 Å². The average molecular weight is 263 g/mol. The van der Waals surface area contributed by atoms with E-state index in [0.717, 1.165) is 0 Å². The molecule has 0 atom stereocenters. The molecule has 0 saturated carbocycles. The molecule has 0 aliphatic heterocycles. The number of nitrogens with one attached hydrogen (secondary N) is 1. The highest BCUT2D eigenvalue weighted by Crippen LogP contribution is 2.12. The molecule has 6 heteroatoms. The van der Waals surface area contributed by atoms with Crippen LogP contribution in [0.1, 0.15) is 5.69 Å². The number of aromatic nitrogens is 1. The minimum atomic E-state index is -3.55. The third-order valence-corrected chi connectivity index (χ3v) is 3.74. The van der Waals surface area contributed by atoms with Gasteiger partial charge in [-0.05, 0) is 30.3 Å². The first-order valence-electron chi connectivity index (χ1n) is 5.33. The Morgan fingerprint density at radius 3 is 2.67 bits per heavy atom. The van der Waals surface area contributed by atoms with Crippen LogP contribution in [0, 0.1) is 0 Å². The van der Waals surface area contributed by atoms with E-state index in [1.54, 1.807) is 36.5 Å². The fourth-order valence-corrected chi connectivity index (χ4v) is 2.49. The quantitative estimate of drug-likeness (QED) is 0.810. The number of nitrogens with zero attached hydrogens (tertiary/aromatic N) is 1. The molecule has 0 fully saturated rings. The van der Waals surface area contributed by atoms with Gasteiger partial charge in [0.25, 0.3) is 0 Å². The van der Waals surface area contributed by atoms with Crippen molar-refractivity contribution in [1.29, 1.82) is 0 Å². The van der Waals surface area contributed by atoms with Crippen LogP contribution in [0.3, 0.4) is 0 Å². The summed E-state index contributed by atoms with van der Waals surface area (Å²) >= 11 is 0. The van der Waals surface area contributed by atoms with Crippen LogP contribution in [-0.2, 0) is 16.6 Å². The lowest BCUT2D eigenvalue weighted by Gasteiger charge is -2.06. The molecule has 1 aromatic carbocycles. The normalized spacial score (nSPS) is 11.3. The van der Waals surface area contributed by atoms with Crippen molar-refractivity contribution in [1.82, 2.24) is 9.71 Å². The molecule has 18 heavy (non-hydrogen) atoms. The lowest BCUT2D eigenvalue weighted by Crippen LogP contribution is -2.23. The molecule has 0 aliphatic carbocycles. The molecule has 94 valence electrons.